The van der Waals surface area contributed by atoms with Gasteiger partial charge in [0.05, 0.1) is 18.7 Å². The lowest BCUT2D eigenvalue weighted by molar-refractivity contribution is -0.145. The first-order chi connectivity index (χ1) is 7.54. The van der Waals surface area contributed by atoms with Crippen molar-refractivity contribution in [2.24, 2.45) is 5.92 Å². The van der Waals surface area contributed by atoms with Crippen LogP contribution in [0.1, 0.15) is 11.1 Å². The lowest BCUT2D eigenvalue weighted by Gasteiger charge is -2.04. The van der Waals surface area contributed by atoms with Crippen molar-refractivity contribution in [1.82, 2.24) is 0 Å². The van der Waals surface area contributed by atoms with Gasteiger partial charge in [-0.25, -0.2) is 8.78 Å². The van der Waals surface area contributed by atoms with Crippen molar-refractivity contribution in [3.63, 3.8) is 0 Å². The summed E-state index contributed by atoms with van der Waals surface area (Å²) >= 11 is 0. The number of carbonyl (C=O) groups is 1. The maximum absolute atomic E-state index is 13.6. The van der Waals surface area contributed by atoms with E-state index in [4.69, 9.17) is 5.73 Å². The van der Waals surface area contributed by atoms with Gasteiger partial charge in [0.1, 0.15) is 11.6 Å². The van der Waals surface area contributed by atoms with Crippen LogP contribution in [-0.4, -0.2) is 13.1 Å². The molecule has 1 aromatic rings. The van der Waals surface area contributed by atoms with E-state index >= 15 is 0 Å². The fourth-order valence-corrected chi connectivity index (χ4v) is 2.07. The van der Waals surface area contributed by atoms with E-state index < -0.39 is 23.5 Å². The minimum atomic E-state index is -0.622. The summed E-state index contributed by atoms with van der Waals surface area (Å²) in [5.74, 6) is -2.14. The first kappa shape index (κ1) is 10.9. The first-order valence-electron chi connectivity index (χ1n) is 4.87. The molecule has 1 aliphatic carbocycles. The molecule has 0 saturated heterocycles. The van der Waals surface area contributed by atoms with Gasteiger partial charge in [0, 0.05) is 6.07 Å². The lowest BCUT2D eigenvalue weighted by atomic mass is 10.1. The average Bonchev–Trinajstić information content (AvgIpc) is 2.70. The smallest absolute Gasteiger partial charge is 0.309 e. The Balaban J connectivity index is 2.41. The molecule has 0 saturated carbocycles. The van der Waals surface area contributed by atoms with Crippen molar-refractivity contribution < 1.29 is 18.3 Å². The number of nitrogen functional groups attached to an aromatic ring is 1. The van der Waals surface area contributed by atoms with Crippen LogP contribution < -0.4 is 5.73 Å². The van der Waals surface area contributed by atoms with Gasteiger partial charge in [-0.1, -0.05) is 0 Å². The molecule has 1 unspecified atom stereocenters. The molecule has 5 heteroatoms. The third-order valence-corrected chi connectivity index (χ3v) is 2.89. The van der Waals surface area contributed by atoms with E-state index in [9.17, 15) is 13.6 Å². The third kappa shape index (κ3) is 1.52. The van der Waals surface area contributed by atoms with E-state index in [1.807, 2.05) is 0 Å². The molecule has 0 amide bonds. The van der Waals surface area contributed by atoms with Gasteiger partial charge in [0.25, 0.3) is 0 Å². The second kappa shape index (κ2) is 3.73. The standard InChI is InChI=1S/C11H11F2NO2/c1-16-11(15)5-2-6-7(3-5)10(13)9(14)4-8(6)12/h4-5H,2-3,14H2,1H3. The van der Waals surface area contributed by atoms with Crippen LogP contribution in [-0.2, 0) is 22.4 Å². The number of carbonyl (C=O) groups excluding carboxylic acids is 1. The molecular formula is C11H11F2NO2. The summed E-state index contributed by atoms with van der Waals surface area (Å²) in [5.41, 5.74) is 5.54. The summed E-state index contributed by atoms with van der Waals surface area (Å²) in [6.07, 6.45) is 0.320. The monoisotopic (exact) mass is 227 g/mol. The molecule has 1 aromatic carbocycles. The highest BCUT2D eigenvalue weighted by Crippen LogP contribution is 2.34. The Morgan fingerprint density at radius 2 is 2.06 bits per heavy atom. The number of fused-ring (bicyclic) bond motifs is 1. The second-order valence-corrected chi connectivity index (χ2v) is 3.85. The number of hydrogen-bond acceptors (Lipinski definition) is 3. The fourth-order valence-electron chi connectivity index (χ4n) is 2.07. The van der Waals surface area contributed by atoms with Crippen molar-refractivity contribution in [3.8, 4) is 0 Å². The minimum Gasteiger partial charge on any atom is -0.469 e. The molecule has 86 valence electrons. The molecular weight excluding hydrogens is 216 g/mol. The topological polar surface area (TPSA) is 52.3 Å². The van der Waals surface area contributed by atoms with Crippen molar-refractivity contribution in [1.29, 1.82) is 0 Å². The molecule has 2 N–H and O–H groups in total. The van der Waals surface area contributed by atoms with Gasteiger partial charge in [0.15, 0.2) is 0 Å². The summed E-state index contributed by atoms with van der Waals surface area (Å²) in [5, 5.41) is 0. The van der Waals surface area contributed by atoms with Crippen LogP contribution in [0.25, 0.3) is 0 Å². The predicted molar refractivity (Wildman–Crippen MR) is 53.7 cm³/mol. The maximum Gasteiger partial charge on any atom is 0.309 e. The molecule has 0 bridgehead atoms. The van der Waals surface area contributed by atoms with E-state index in [-0.39, 0.29) is 29.7 Å². The zero-order valence-electron chi connectivity index (χ0n) is 8.72. The van der Waals surface area contributed by atoms with E-state index in [0.29, 0.717) is 0 Å². The molecule has 1 aliphatic rings. The molecule has 16 heavy (non-hydrogen) atoms. The fraction of sp³-hybridized carbons (Fsp3) is 0.364. The van der Waals surface area contributed by atoms with Crippen molar-refractivity contribution in [2.75, 3.05) is 12.8 Å². The van der Waals surface area contributed by atoms with Crippen molar-refractivity contribution >= 4 is 11.7 Å². The molecule has 1 atom stereocenters. The largest absolute Gasteiger partial charge is 0.469 e. The van der Waals surface area contributed by atoms with Crippen LogP contribution in [0, 0.1) is 17.6 Å². The van der Waals surface area contributed by atoms with Gasteiger partial charge in [-0.15, -0.1) is 0 Å². The molecule has 0 spiro atoms. The predicted octanol–water partition coefficient (Wildman–Crippen LogP) is 1.43. The Hall–Kier alpha value is -1.65. The van der Waals surface area contributed by atoms with Crippen molar-refractivity contribution in [3.05, 3.63) is 28.8 Å². The average molecular weight is 227 g/mol. The normalized spacial score (nSPS) is 18.3. The Morgan fingerprint density at radius 1 is 1.44 bits per heavy atom. The third-order valence-electron chi connectivity index (χ3n) is 2.89. The summed E-state index contributed by atoms with van der Waals surface area (Å²) in [6, 6.07) is 0.952. The van der Waals surface area contributed by atoms with Gasteiger partial charge >= 0.3 is 5.97 Å². The van der Waals surface area contributed by atoms with Crippen LogP contribution in [0.2, 0.25) is 0 Å². The number of methoxy groups -OCH3 is 1. The zero-order valence-corrected chi connectivity index (χ0v) is 8.72. The number of anilines is 1. The Kier molecular flexibility index (Phi) is 2.53. The molecule has 0 fully saturated rings. The Bertz CT molecular complexity index is 460. The number of esters is 1. The summed E-state index contributed by atoms with van der Waals surface area (Å²) in [4.78, 5) is 11.3. The van der Waals surface area contributed by atoms with E-state index in [1.165, 1.54) is 7.11 Å². The van der Waals surface area contributed by atoms with Crippen molar-refractivity contribution in [2.45, 2.75) is 12.8 Å². The number of benzene rings is 1. The Morgan fingerprint density at radius 3 is 2.69 bits per heavy atom. The van der Waals surface area contributed by atoms with Crippen LogP contribution in [0.15, 0.2) is 6.07 Å². The maximum atomic E-state index is 13.6. The number of hydrogen-bond donors (Lipinski definition) is 1. The van der Waals surface area contributed by atoms with Gasteiger partial charge in [-0.3, -0.25) is 4.79 Å². The molecule has 0 radical (unpaired) electrons. The highest BCUT2D eigenvalue weighted by Gasteiger charge is 2.33. The SMILES string of the molecule is COC(=O)C1Cc2c(F)cc(N)c(F)c2C1. The minimum absolute atomic E-state index is 0.149. The number of ether oxygens (including phenoxy) is 1. The Labute approximate surface area is 91.2 Å². The number of halogens is 2. The van der Waals surface area contributed by atoms with Gasteiger partial charge < -0.3 is 10.5 Å². The molecule has 0 aliphatic heterocycles. The van der Waals surface area contributed by atoms with Gasteiger partial charge in [-0.2, -0.15) is 0 Å². The summed E-state index contributed by atoms with van der Waals surface area (Å²) < 4.78 is 31.6. The highest BCUT2D eigenvalue weighted by atomic mass is 19.1. The van der Waals surface area contributed by atoms with E-state index in [0.717, 1.165) is 6.07 Å². The summed E-state index contributed by atoms with van der Waals surface area (Å²) in [7, 11) is 1.26. The first-order valence-corrected chi connectivity index (χ1v) is 4.87. The summed E-state index contributed by atoms with van der Waals surface area (Å²) in [6.45, 7) is 0. The number of rotatable bonds is 1. The molecule has 2 rings (SSSR count). The van der Waals surface area contributed by atoms with Crippen LogP contribution >= 0.6 is 0 Å². The quantitative estimate of drug-likeness (QED) is 0.583. The second-order valence-electron chi connectivity index (χ2n) is 3.85. The lowest BCUT2D eigenvalue weighted by Crippen LogP contribution is -2.16. The number of nitrogens with two attached hydrogens (primary N) is 1. The van der Waals surface area contributed by atoms with Crippen LogP contribution in [0.5, 0.6) is 0 Å². The van der Waals surface area contributed by atoms with Gasteiger partial charge in [-0.05, 0) is 24.0 Å². The van der Waals surface area contributed by atoms with Crippen LogP contribution in [0.3, 0.4) is 0 Å². The highest BCUT2D eigenvalue weighted by molar-refractivity contribution is 5.74. The molecule has 0 heterocycles. The molecule has 3 nitrogen and oxygen atoms in total. The zero-order chi connectivity index (χ0) is 11.9. The molecule has 0 aromatic heterocycles. The van der Waals surface area contributed by atoms with Gasteiger partial charge in [0.2, 0.25) is 0 Å². The van der Waals surface area contributed by atoms with E-state index in [2.05, 4.69) is 4.74 Å². The van der Waals surface area contributed by atoms with E-state index in [1.54, 1.807) is 0 Å². The van der Waals surface area contributed by atoms with Crippen LogP contribution in [0.4, 0.5) is 14.5 Å².